The Bertz CT molecular complexity index is 737. The Morgan fingerprint density at radius 1 is 1.13 bits per heavy atom. The highest BCUT2D eigenvalue weighted by molar-refractivity contribution is 6.05. The van der Waals surface area contributed by atoms with E-state index in [1.807, 2.05) is 19.1 Å². The molecule has 0 fully saturated rings. The normalized spacial score (nSPS) is 10.4. The zero-order valence-electron chi connectivity index (χ0n) is 13.6. The van der Waals surface area contributed by atoms with Gasteiger partial charge in [-0.05, 0) is 48.6 Å². The van der Waals surface area contributed by atoms with Crippen LogP contribution in [-0.4, -0.2) is 10.8 Å². The van der Waals surface area contributed by atoms with Crippen LogP contribution in [0.3, 0.4) is 0 Å². The first-order chi connectivity index (χ1) is 11.0. The quantitative estimate of drug-likeness (QED) is 0.661. The van der Waals surface area contributed by atoms with Crippen molar-refractivity contribution in [1.29, 1.82) is 0 Å². The Labute approximate surface area is 135 Å². The summed E-state index contributed by atoms with van der Waals surface area (Å²) in [5.41, 5.74) is 3.89. The monoisotopic (exact) mass is 312 g/mol. The number of nitrogens with zero attached hydrogens (tertiary/aromatic N) is 1. The van der Waals surface area contributed by atoms with Crippen molar-refractivity contribution in [3.05, 3.63) is 68.8 Å². The fourth-order valence-electron chi connectivity index (χ4n) is 2.48. The maximum atomic E-state index is 12.4. The number of anilines is 1. The number of aryl methyl sites for hydroxylation is 3. The van der Waals surface area contributed by atoms with Gasteiger partial charge in [-0.1, -0.05) is 26.0 Å². The van der Waals surface area contributed by atoms with E-state index in [0.29, 0.717) is 23.2 Å². The molecule has 0 radical (unpaired) electrons. The summed E-state index contributed by atoms with van der Waals surface area (Å²) in [6.45, 7) is 5.73. The second-order valence-corrected chi connectivity index (χ2v) is 5.41. The van der Waals surface area contributed by atoms with Crippen molar-refractivity contribution in [2.45, 2.75) is 33.6 Å². The molecule has 5 nitrogen and oxygen atoms in total. The number of carbonyl (C=O) groups is 1. The minimum Gasteiger partial charge on any atom is -0.321 e. The molecule has 0 aliphatic heterocycles. The average Bonchev–Trinajstić information content (AvgIpc) is 2.56. The predicted molar refractivity (Wildman–Crippen MR) is 91.0 cm³/mol. The van der Waals surface area contributed by atoms with Gasteiger partial charge in [0.05, 0.1) is 4.92 Å². The van der Waals surface area contributed by atoms with Crippen LogP contribution in [-0.2, 0) is 12.8 Å². The third-order valence-electron chi connectivity index (χ3n) is 3.86. The van der Waals surface area contributed by atoms with E-state index in [-0.39, 0.29) is 11.6 Å². The summed E-state index contributed by atoms with van der Waals surface area (Å²) < 4.78 is 0. The van der Waals surface area contributed by atoms with Gasteiger partial charge in [-0.3, -0.25) is 14.9 Å². The minimum atomic E-state index is -0.415. The molecule has 0 aromatic heterocycles. The molecule has 0 aliphatic carbocycles. The maximum Gasteiger partial charge on any atom is 0.270 e. The molecular weight excluding hydrogens is 292 g/mol. The van der Waals surface area contributed by atoms with Gasteiger partial charge >= 0.3 is 0 Å². The van der Waals surface area contributed by atoms with Crippen LogP contribution in [0.2, 0.25) is 0 Å². The van der Waals surface area contributed by atoms with Crippen molar-refractivity contribution in [3.63, 3.8) is 0 Å². The highest BCUT2D eigenvalue weighted by Gasteiger charge is 2.16. The van der Waals surface area contributed by atoms with Crippen LogP contribution in [0.1, 0.15) is 40.9 Å². The molecule has 0 saturated heterocycles. The largest absolute Gasteiger partial charge is 0.321 e. The van der Waals surface area contributed by atoms with E-state index in [4.69, 9.17) is 0 Å². The summed E-state index contributed by atoms with van der Waals surface area (Å²) in [4.78, 5) is 22.9. The van der Waals surface area contributed by atoms with E-state index in [2.05, 4.69) is 12.2 Å². The third kappa shape index (κ3) is 3.74. The smallest absolute Gasteiger partial charge is 0.270 e. The van der Waals surface area contributed by atoms with Gasteiger partial charge in [-0.15, -0.1) is 0 Å². The molecule has 1 amide bonds. The number of hydrogen-bond acceptors (Lipinski definition) is 3. The molecular formula is C18H20N2O3. The van der Waals surface area contributed by atoms with Crippen molar-refractivity contribution in [3.8, 4) is 0 Å². The van der Waals surface area contributed by atoms with Gasteiger partial charge in [0.2, 0.25) is 0 Å². The lowest BCUT2D eigenvalue weighted by Crippen LogP contribution is -2.14. The molecule has 0 atom stereocenters. The maximum absolute atomic E-state index is 12.4. The number of amides is 1. The Kier molecular flexibility index (Phi) is 5.11. The summed E-state index contributed by atoms with van der Waals surface area (Å²) in [6.07, 6.45) is 1.52. The average molecular weight is 312 g/mol. The highest BCUT2D eigenvalue weighted by atomic mass is 16.6. The van der Waals surface area contributed by atoms with Gasteiger partial charge in [0, 0.05) is 23.4 Å². The molecule has 0 bridgehead atoms. The predicted octanol–water partition coefficient (Wildman–Crippen LogP) is 4.28. The van der Waals surface area contributed by atoms with Gasteiger partial charge in [-0.2, -0.15) is 0 Å². The Morgan fingerprint density at radius 2 is 1.78 bits per heavy atom. The molecule has 0 saturated carbocycles. The number of non-ortho nitro benzene ring substituents is 1. The Balaban J connectivity index is 2.31. The van der Waals surface area contributed by atoms with Crippen LogP contribution in [0.25, 0.3) is 0 Å². The summed E-state index contributed by atoms with van der Waals surface area (Å²) in [6, 6.07) is 10.4. The van der Waals surface area contributed by atoms with E-state index in [0.717, 1.165) is 12.0 Å². The van der Waals surface area contributed by atoms with Crippen LogP contribution in [0.5, 0.6) is 0 Å². The summed E-state index contributed by atoms with van der Waals surface area (Å²) in [5, 5.41) is 13.8. The second kappa shape index (κ2) is 7.05. The van der Waals surface area contributed by atoms with Crippen molar-refractivity contribution < 1.29 is 9.72 Å². The molecule has 2 aromatic carbocycles. The minimum absolute atomic E-state index is 0.0460. The SMILES string of the molecule is CCc1ccc(C(=O)Nc2c(C)cc([N+](=O)[O-])cc2CC)cc1. The molecule has 23 heavy (non-hydrogen) atoms. The summed E-state index contributed by atoms with van der Waals surface area (Å²) in [5.74, 6) is -0.209. The fraction of sp³-hybridized carbons (Fsp3) is 0.278. The topological polar surface area (TPSA) is 72.2 Å². The van der Waals surface area contributed by atoms with Gasteiger partial charge in [0.15, 0.2) is 0 Å². The van der Waals surface area contributed by atoms with Crippen molar-refractivity contribution >= 4 is 17.3 Å². The zero-order chi connectivity index (χ0) is 17.0. The molecule has 2 aromatic rings. The molecule has 0 unspecified atom stereocenters. The molecule has 2 rings (SSSR count). The number of carbonyl (C=O) groups excluding carboxylic acids is 1. The first-order valence-corrected chi connectivity index (χ1v) is 7.64. The molecule has 120 valence electrons. The molecule has 1 N–H and O–H groups in total. The van der Waals surface area contributed by atoms with Crippen molar-refractivity contribution in [1.82, 2.24) is 0 Å². The van der Waals surface area contributed by atoms with Gasteiger partial charge in [-0.25, -0.2) is 0 Å². The fourth-order valence-corrected chi connectivity index (χ4v) is 2.48. The number of hydrogen-bond donors (Lipinski definition) is 1. The van der Waals surface area contributed by atoms with E-state index in [1.54, 1.807) is 19.1 Å². The van der Waals surface area contributed by atoms with E-state index in [1.165, 1.54) is 17.7 Å². The summed E-state index contributed by atoms with van der Waals surface area (Å²) in [7, 11) is 0. The number of nitro groups is 1. The van der Waals surface area contributed by atoms with Gasteiger partial charge in [0.25, 0.3) is 11.6 Å². The lowest BCUT2D eigenvalue weighted by molar-refractivity contribution is -0.384. The van der Waals surface area contributed by atoms with E-state index >= 15 is 0 Å². The standard InChI is InChI=1S/C18H20N2O3/c1-4-13-6-8-15(9-7-13)18(21)19-17-12(3)10-16(20(22)23)11-14(17)5-2/h6-11H,4-5H2,1-3H3,(H,19,21). The molecule has 0 spiro atoms. The van der Waals surface area contributed by atoms with Crippen LogP contribution >= 0.6 is 0 Å². The van der Waals surface area contributed by atoms with Crippen molar-refractivity contribution in [2.24, 2.45) is 0 Å². The highest BCUT2D eigenvalue weighted by Crippen LogP contribution is 2.27. The lowest BCUT2D eigenvalue weighted by atomic mass is 10.0. The van der Waals surface area contributed by atoms with Crippen LogP contribution in [0.15, 0.2) is 36.4 Å². The van der Waals surface area contributed by atoms with Gasteiger partial charge in [0.1, 0.15) is 0 Å². The Hall–Kier alpha value is -2.69. The number of rotatable bonds is 5. The van der Waals surface area contributed by atoms with Crippen LogP contribution < -0.4 is 5.32 Å². The first-order valence-electron chi connectivity index (χ1n) is 7.64. The van der Waals surface area contributed by atoms with E-state index < -0.39 is 4.92 Å². The summed E-state index contributed by atoms with van der Waals surface area (Å²) >= 11 is 0. The molecule has 0 heterocycles. The molecule has 0 aliphatic rings. The molecule has 5 heteroatoms. The number of benzene rings is 2. The Morgan fingerprint density at radius 3 is 2.30 bits per heavy atom. The van der Waals surface area contributed by atoms with E-state index in [9.17, 15) is 14.9 Å². The third-order valence-corrected chi connectivity index (χ3v) is 3.86. The van der Waals surface area contributed by atoms with Crippen molar-refractivity contribution in [2.75, 3.05) is 5.32 Å². The first kappa shape index (κ1) is 16.7. The number of nitro benzene ring substituents is 1. The second-order valence-electron chi connectivity index (χ2n) is 5.41. The number of nitrogens with one attached hydrogen (secondary N) is 1. The van der Waals surface area contributed by atoms with Crippen LogP contribution in [0, 0.1) is 17.0 Å². The van der Waals surface area contributed by atoms with Crippen LogP contribution in [0.4, 0.5) is 11.4 Å². The lowest BCUT2D eigenvalue weighted by Gasteiger charge is -2.13. The van der Waals surface area contributed by atoms with Gasteiger partial charge < -0.3 is 5.32 Å². The zero-order valence-corrected chi connectivity index (χ0v) is 13.6.